The van der Waals surface area contributed by atoms with Gasteiger partial charge >= 0.3 is 0 Å². The molecule has 4 rings (SSSR count). The van der Waals surface area contributed by atoms with E-state index < -0.39 is 6.04 Å². The van der Waals surface area contributed by atoms with Crippen molar-refractivity contribution in [2.75, 3.05) is 13.1 Å². The molecule has 1 unspecified atom stereocenters. The molecule has 1 fully saturated rings. The van der Waals surface area contributed by atoms with E-state index in [4.69, 9.17) is 11.6 Å². The molecular weight excluding hydrogens is 398 g/mol. The lowest BCUT2D eigenvalue weighted by atomic mass is 10.0. The maximum atomic E-state index is 13.2. The first-order chi connectivity index (χ1) is 14.6. The fourth-order valence-corrected chi connectivity index (χ4v) is 3.99. The zero-order valence-electron chi connectivity index (χ0n) is 16.6. The number of likely N-dealkylation sites (tertiary alicyclic amines) is 1. The molecule has 5 nitrogen and oxygen atoms in total. The molecular formula is C24H24ClN3O2. The topological polar surface area (TPSA) is 61.4 Å². The molecule has 1 atom stereocenters. The average Bonchev–Trinajstić information content (AvgIpc) is 3.29. The quantitative estimate of drug-likeness (QED) is 0.772. The van der Waals surface area contributed by atoms with Gasteiger partial charge in [0, 0.05) is 30.2 Å². The molecule has 2 N–H and O–H groups in total. The monoisotopic (exact) mass is 421 g/mol. The van der Waals surface area contributed by atoms with Gasteiger partial charge in [0.25, 0.3) is 5.91 Å². The number of nitrogens with zero attached hydrogens (tertiary/aromatic N) is 1. The van der Waals surface area contributed by atoms with Crippen molar-refractivity contribution in [2.24, 2.45) is 0 Å². The minimum Gasteiger partial charge on any atom is -0.387 e. The summed E-state index contributed by atoms with van der Waals surface area (Å²) in [6.45, 7) is 1.74. The van der Waals surface area contributed by atoms with Gasteiger partial charge in [0.1, 0.15) is 6.04 Å². The molecule has 0 aromatic heterocycles. The van der Waals surface area contributed by atoms with Crippen LogP contribution in [0, 0.1) is 0 Å². The van der Waals surface area contributed by atoms with E-state index in [2.05, 4.69) is 10.6 Å². The zero-order valence-corrected chi connectivity index (χ0v) is 17.4. The third-order valence-corrected chi connectivity index (χ3v) is 5.73. The largest absolute Gasteiger partial charge is 0.387 e. The van der Waals surface area contributed by atoms with E-state index in [1.807, 2.05) is 54.8 Å². The smallest absolute Gasteiger partial charge is 0.254 e. The Morgan fingerprint density at radius 3 is 2.77 bits per heavy atom. The summed E-state index contributed by atoms with van der Waals surface area (Å²) in [4.78, 5) is 27.7. The van der Waals surface area contributed by atoms with Crippen molar-refractivity contribution >= 4 is 29.0 Å². The van der Waals surface area contributed by atoms with Crippen molar-refractivity contribution in [2.45, 2.75) is 25.4 Å². The molecule has 2 aromatic carbocycles. The zero-order chi connectivity index (χ0) is 20.9. The minimum atomic E-state index is -0.438. The highest BCUT2D eigenvalue weighted by Crippen LogP contribution is 2.23. The Morgan fingerprint density at radius 2 is 2.00 bits per heavy atom. The van der Waals surface area contributed by atoms with Gasteiger partial charge < -0.3 is 15.5 Å². The third-order valence-electron chi connectivity index (χ3n) is 5.48. The lowest BCUT2D eigenvalue weighted by Crippen LogP contribution is -2.45. The lowest BCUT2D eigenvalue weighted by Gasteiger charge is -2.24. The number of halogens is 1. The van der Waals surface area contributed by atoms with E-state index >= 15 is 0 Å². The molecule has 2 aliphatic rings. The number of benzene rings is 2. The second kappa shape index (κ2) is 9.18. The fraction of sp³-hybridized carbons (Fsp3) is 0.250. The number of hydrogen-bond donors (Lipinski definition) is 2. The van der Waals surface area contributed by atoms with Gasteiger partial charge in [0.2, 0.25) is 5.91 Å². The Labute approximate surface area is 181 Å². The van der Waals surface area contributed by atoms with Gasteiger partial charge in [-0.25, -0.2) is 0 Å². The molecule has 2 heterocycles. The van der Waals surface area contributed by atoms with E-state index in [0.29, 0.717) is 30.1 Å². The number of carbonyl (C=O) groups is 2. The van der Waals surface area contributed by atoms with Gasteiger partial charge in [-0.2, -0.15) is 0 Å². The van der Waals surface area contributed by atoms with E-state index in [1.165, 1.54) is 0 Å². The molecule has 1 saturated heterocycles. The number of dihydropyridines is 1. The number of nitrogens with one attached hydrogen (secondary N) is 2. The molecule has 0 bridgehead atoms. The van der Waals surface area contributed by atoms with E-state index in [0.717, 1.165) is 29.7 Å². The van der Waals surface area contributed by atoms with Crippen molar-refractivity contribution in [1.82, 2.24) is 15.5 Å². The van der Waals surface area contributed by atoms with Crippen LogP contribution in [-0.2, 0) is 11.3 Å². The molecule has 0 spiro atoms. The van der Waals surface area contributed by atoms with E-state index in [9.17, 15) is 9.59 Å². The Bertz CT molecular complexity index is 998. The van der Waals surface area contributed by atoms with Crippen LogP contribution in [0.5, 0.6) is 0 Å². The second-order valence-electron chi connectivity index (χ2n) is 7.51. The normalized spacial score (nSPS) is 18.0. The number of amides is 2. The number of allylic oxidation sites excluding steroid dienone is 2. The van der Waals surface area contributed by atoms with Gasteiger partial charge in [0.05, 0.1) is 0 Å². The van der Waals surface area contributed by atoms with Crippen LogP contribution < -0.4 is 10.6 Å². The lowest BCUT2D eigenvalue weighted by molar-refractivity contribution is -0.125. The van der Waals surface area contributed by atoms with Crippen LogP contribution in [0.2, 0.25) is 5.02 Å². The van der Waals surface area contributed by atoms with Crippen LogP contribution in [0.25, 0.3) is 5.57 Å². The van der Waals surface area contributed by atoms with E-state index in [1.54, 1.807) is 17.0 Å². The first kappa shape index (κ1) is 20.2. The van der Waals surface area contributed by atoms with Crippen molar-refractivity contribution < 1.29 is 9.59 Å². The van der Waals surface area contributed by atoms with Crippen LogP contribution in [0.1, 0.15) is 34.3 Å². The van der Waals surface area contributed by atoms with Gasteiger partial charge in [0.15, 0.2) is 0 Å². The van der Waals surface area contributed by atoms with Crippen LogP contribution in [0.3, 0.4) is 0 Å². The van der Waals surface area contributed by atoms with E-state index in [-0.39, 0.29) is 11.8 Å². The summed E-state index contributed by atoms with van der Waals surface area (Å²) in [5.74, 6) is -0.211. The second-order valence-corrected chi connectivity index (χ2v) is 7.95. The van der Waals surface area contributed by atoms with Crippen molar-refractivity contribution in [3.63, 3.8) is 0 Å². The van der Waals surface area contributed by atoms with Gasteiger partial charge in [-0.3, -0.25) is 9.59 Å². The van der Waals surface area contributed by atoms with Crippen LogP contribution in [-0.4, -0.2) is 35.8 Å². The van der Waals surface area contributed by atoms with Gasteiger partial charge in [-0.15, -0.1) is 0 Å². The summed E-state index contributed by atoms with van der Waals surface area (Å²) in [7, 11) is 0. The van der Waals surface area contributed by atoms with Gasteiger partial charge in [-0.1, -0.05) is 41.9 Å². The van der Waals surface area contributed by atoms with Crippen LogP contribution in [0.4, 0.5) is 0 Å². The highest BCUT2D eigenvalue weighted by molar-refractivity contribution is 6.30. The first-order valence-corrected chi connectivity index (χ1v) is 10.5. The summed E-state index contributed by atoms with van der Waals surface area (Å²) < 4.78 is 0. The molecule has 2 aliphatic heterocycles. The molecule has 0 saturated carbocycles. The van der Waals surface area contributed by atoms with Crippen molar-refractivity contribution in [1.29, 1.82) is 0 Å². The Balaban J connectivity index is 1.44. The maximum absolute atomic E-state index is 13.2. The first-order valence-electron chi connectivity index (χ1n) is 10.1. The molecule has 154 valence electrons. The highest BCUT2D eigenvalue weighted by atomic mass is 35.5. The summed E-state index contributed by atoms with van der Waals surface area (Å²) in [6.07, 6.45) is 7.40. The summed E-state index contributed by atoms with van der Waals surface area (Å²) in [6, 6.07) is 14.6. The minimum absolute atomic E-state index is 0.0964. The summed E-state index contributed by atoms with van der Waals surface area (Å²) in [5.41, 5.74) is 3.73. The molecule has 2 amide bonds. The van der Waals surface area contributed by atoms with Crippen LogP contribution >= 0.6 is 11.6 Å². The number of hydrogen-bond acceptors (Lipinski definition) is 3. The SMILES string of the molecule is O=C(NCc1ccc(Cl)cc1)C1CCCN1C(=O)c1cccc(C2=CC=CNC2)c1. The predicted molar refractivity (Wildman–Crippen MR) is 119 cm³/mol. The third kappa shape index (κ3) is 4.57. The predicted octanol–water partition coefficient (Wildman–Crippen LogP) is 3.76. The fourth-order valence-electron chi connectivity index (χ4n) is 3.87. The molecule has 0 radical (unpaired) electrons. The number of rotatable bonds is 5. The maximum Gasteiger partial charge on any atom is 0.254 e. The average molecular weight is 422 g/mol. The Kier molecular flexibility index (Phi) is 6.19. The summed E-state index contributed by atoms with van der Waals surface area (Å²) in [5, 5.41) is 6.81. The molecule has 2 aromatic rings. The van der Waals surface area contributed by atoms with Crippen molar-refractivity contribution in [3.8, 4) is 0 Å². The Morgan fingerprint density at radius 1 is 1.17 bits per heavy atom. The molecule has 0 aliphatic carbocycles. The molecule has 30 heavy (non-hydrogen) atoms. The number of carbonyl (C=O) groups excluding carboxylic acids is 2. The Hall–Kier alpha value is -3.05. The standard InChI is InChI=1S/C24H24ClN3O2/c25-21-10-8-17(9-11-21)15-27-23(29)22-7-3-13-28(22)24(30)19-5-1-4-18(14-19)20-6-2-12-26-16-20/h1-2,4-6,8-12,14,22,26H,3,7,13,15-16H2,(H,27,29). The summed E-state index contributed by atoms with van der Waals surface area (Å²) >= 11 is 5.91. The van der Waals surface area contributed by atoms with Gasteiger partial charge in [-0.05, 0) is 66.1 Å². The van der Waals surface area contributed by atoms with Crippen molar-refractivity contribution in [3.05, 3.63) is 88.6 Å². The van der Waals surface area contributed by atoms with Crippen LogP contribution in [0.15, 0.2) is 66.9 Å². The highest BCUT2D eigenvalue weighted by Gasteiger charge is 2.34. The molecule has 6 heteroatoms.